The number of aliphatic hydroxyl groups excluding tert-OH is 1. The van der Waals surface area contributed by atoms with Gasteiger partial charge in [0.25, 0.3) is 0 Å². The molecule has 1 unspecified atom stereocenters. The number of aryl methyl sites for hydroxylation is 1. The Balaban J connectivity index is 1.66. The van der Waals surface area contributed by atoms with Gasteiger partial charge < -0.3 is 9.84 Å². The molecule has 0 radical (unpaired) electrons. The van der Waals surface area contributed by atoms with Crippen LogP contribution in [0, 0.1) is 17.2 Å². The van der Waals surface area contributed by atoms with Crippen LogP contribution in [0.4, 0.5) is 4.39 Å². The maximum atomic E-state index is 13.5. The highest BCUT2D eigenvalue weighted by molar-refractivity contribution is 5.34. The molecule has 2 aliphatic heterocycles. The Morgan fingerprint density at radius 1 is 1.43 bits per heavy atom. The summed E-state index contributed by atoms with van der Waals surface area (Å²) in [5.74, 6) is 0.373. The lowest BCUT2D eigenvalue weighted by Gasteiger charge is -2.37. The van der Waals surface area contributed by atoms with Gasteiger partial charge >= 0.3 is 0 Å². The number of benzene rings is 1. The number of rotatable bonds is 1. The lowest BCUT2D eigenvalue weighted by molar-refractivity contribution is 0.0319. The van der Waals surface area contributed by atoms with Crippen LogP contribution in [0.15, 0.2) is 18.2 Å². The Morgan fingerprint density at radius 3 is 3.10 bits per heavy atom. The van der Waals surface area contributed by atoms with E-state index in [1.165, 1.54) is 6.07 Å². The molecule has 2 heterocycles. The van der Waals surface area contributed by atoms with Gasteiger partial charge in [-0.15, -0.1) is 0 Å². The quantitative estimate of drug-likeness (QED) is 0.860. The van der Waals surface area contributed by atoms with Gasteiger partial charge in [-0.2, -0.15) is 0 Å². The molecular weight excluding hydrogens is 269 g/mol. The van der Waals surface area contributed by atoms with Crippen molar-refractivity contribution >= 4 is 0 Å². The minimum absolute atomic E-state index is 0.0109. The molecule has 0 amide bonds. The molecule has 4 rings (SSSR count). The predicted octanol–water partition coefficient (Wildman–Crippen LogP) is 2.14. The molecular formula is C17H22FNO2. The fourth-order valence-corrected chi connectivity index (χ4v) is 4.41. The van der Waals surface area contributed by atoms with Gasteiger partial charge in [0.2, 0.25) is 0 Å². The van der Waals surface area contributed by atoms with E-state index in [9.17, 15) is 9.50 Å². The van der Waals surface area contributed by atoms with Gasteiger partial charge in [-0.05, 0) is 36.1 Å². The number of hydrogen-bond donors (Lipinski definition) is 1. The van der Waals surface area contributed by atoms with E-state index in [-0.39, 0.29) is 23.4 Å². The summed E-state index contributed by atoms with van der Waals surface area (Å²) in [6.07, 6.45) is 1.13. The topological polar surface area (TPSA) is 32.7 Å². The highest BCUT2D eigenvalue weighted by Gasteiger charge is 2.50. The van der Waals surface area contributed by atoms with E-state index < -0.39 is 0 Å². The van der Waals surface area contributed by atoms with Crippen LogP contribution in [-0.2, 0) is 11.2 Å². The number of ether oxygens (including phenoxy) is 1. The number of fused-ring (bicyclic) bond motifs is 2. The smallest absolute Gasteiger partial charge is 0.123 e. The summed E-state index contributed by atoms with van der Waals surface area (Å²) in [4.78, 5) is 2.40. The average Bonchev–Trinajstić information content (AvgIpc) is 2.93. The summed E-state index contributed by atoms with van der Waals surface area (Å²) in [6.45, 7) is 5.84. The predicted molar refractivity (Wildman–Crippen MR) is 77.5 cm³/mol. The second-order valence-corrected chi connectivity index (χ2v) is 7.19. The second kappa shape index (κ2) is 4.77. The van der Waals surface area contributed by atoms with Crippen molar-refractivity contribution in [2.45, 2.75) is 31.9 Å². The van der Waals surface area contributed by atoms with Gasteiger partial charge in [0.15, 0.2) is 0 Å². The molecule has 4 atom stereocenters. The van der Waals surface area contributed by atoms with Crippen LogP contribution in [0.2, 0.25) is 0 Å². The van der Waals surface area contributed by atoms with Gasteiger partial charge in [0.05, 0.1) is 25.4 Å². The lowest BCUT2D eigenvalue weighted by atomic mass is 9.83. The molecule has 2 saturated heterocycles. The second-order valence-electron chi connectivity index (χ2n) is 7.19. The Labute approximate surface area is 124 Å². The van der Waals surface area contributed by atoms with E-state index in [2.05, 4.69) is 11.8 Å². The first kappa shape index (κ1) is 13.7. The van der Waals surface area contributed by atoms with Crippen molar-refractivity contribution in [2.75, 3.05) is 26.3 Å². The molecule has 1 aromatic carbocycles. The van der Waals surface area contributed by atoms with Crippen molar-refractivity contribution < 1.29 is 14.2 Å². The zero-order valence-corrected chi connectivity index (χ0v) is 12.4. The van der Waals surface area contributed by atoms with Gasteiger partial charge in [0.1, 0.15) is 5.82 Å². The lowest BCUT2D eigenvalue weighted by Crippen LogP contribution is -2.40. The van der Waals surface area contributed by atoms with Crippen LogP contribution in [-0.4, -0.2) is 42.4 Å². The van der Waals surface area contributed by atoms with E-state index >= 15 is 0 Å². The summed E-state index contributed by atoms with van der Waals surface area (Å²) >= 11 is 0. The maximum Gasteiger partial charge on any atom is 0.123 e. The number of likely N-dealkylation sites (tertiary alicyclic amines) is 1. The standard InChI is InChI=1S/C17H22FNO2/c1-17-9-19(7-12(17)8-21-10-17)16-14-4-3-13(18)6-11(14)2-5-15(16)20/h3-4,6,12,15-16,20H,2,5,7-10H2,1H3/t12-,15?,16+,17+/m0/s1. The summed E-state index contributed by atoms with van der Waals surface area (Å²) in [7, 11) is 0. The zero-order chi connectivity index (χ0) is 14.6. The zero-order valence-electron chi connectivity index (χ0n) is 12.4. The van der Waals surface area contributed by atoms with Crippen molar-refractivity contribution in [1.82, 2.24) is 4.90 Å². The molecule has 1 N–H and O–H groups in total. The first-order valence-electron chi connectivity index (χ1n) is 7.85. The summed E-state index contributed by atoms with van der Waals surface area (Å²) < 4.78 is 19.1. The minimum atomic E-state index is -0.355. The highest BCUT2D eigenvalue weighted by Crippen LogP contribution is 2.46. The van der Waals surface area contributed by atoms with Crippen molar-refractivity contribution in [3.63, 3.8) is 0 Å². The number of aliphatic hydroxyl groups is 1. The Kier molecular flexibility index (Phi) is 3.10. The minimum Gasteiger partial charge on any atom is -0.391 e. The maximum absolute atomic E-state index is 13.5. The van der Waals surface area contributed by atoms with Crippen molar-refractivity contribution in [1.29, 1.82) is 0 Å². The van der Waals surface area contributed by atoms with Crippen LogP contribution in [0.5, 0.6) is 0 Å². The van der Waals surface area contributed by atoms with Crippen LogP contribution in [0.1, 0.15) is 30.5 Å². The van der Waals surface area contributed by atoms with Gasteiger partial charge in [0, 0.05) is 24.4 Å². The van der Waals surface area contributed by atoms with Crippen molar-refractivity contribution in [3.05, 3.63) is 35.1 Å². The van der Waals surface area contributed by atoms with Crippen molar-refractivity contribution in [3.8, 4) is 0 Å². The van der Waals surface area contributed by atoms with E-state index in [0.29, 0.717) is 5.92 Å². The third-order valence-corrected chi connectivity index (χ3v) is 5.65. The monoisotopic (exact) mass is 291 g/mol. The molecule has 4 heteroatoms. The van der Waals surface area contributed by atoms with E-state index in [1.54, 1.807) is 6.07 Å². The third kappa shape index (κ3) is 2.12. The normalized spacial score (nSPS) is 39.3. The largest absolute Gasteiger partial charge is 0.391 e. The summed E-state index contributed by atoms with van der Waals surface area (Å²) in [6, 6.07) is 5.03. The molecule has 1 aliphatic carbocycles. The fraction of sp³-hybridized carbons (Fsp3) is 0.647. The molecule has 3 aliphatic rings. The van der Waals surface area contributed by atoms with Crippen molar-refractivity contribution in [2.24, 2.45) is 11.3 Å². The molecule has 114 valence electrons. The molecule has 0 bridgehead atoms. The van der Waals surface area contributed by atoms with Gasteiger partial charge in [-0.25, -0.2) is 4.39 Å². The molecule has 0 aromatic heterocycles. The number of hydrogen-bond acceptors (Lipinski definition) is 3. The van der Waals surface area contributed by atoms with E-state index in [4.69, 9.17) is 4.74 Å². The Morgan fingerprint density at radius 2 is 2.29 bits per heavy atom. The molecule has 1 aromatic rings. The fourth-order valence-electron chi connectivity index (χ4n) is 4.41. The van der Waals surface area contributed by atoms with Gasteiger partial charge in [-0.3, -0.25) is 4.90 Å². The number of nitrogens with zero attached hydrogens (tertiary/aromatic N) is 1. The van der Waals surface area contributed by atoms with Crippen LogP contribution in [0.3, 0.4) is 0 Å². The first-order chi connectivity index (χ1) is 10.1. The summed E-state index contributed by atoms with van der Waals surface area (Å²) in [5, 5.41) is 10.5. The van der Waals surface area contributed by atoms with Crippen LogP contribution >= 0.6 is 0 Å². The molecule has 2 fully saturated rings. The highest BCUT2D eigenvalue weighted by atomic mass is 19.1. The number of halogens is 1. The average molecular weight is 291 g/mol. The van der Waals surface area contributed by atoms with Crippen LogP contribution in [0.25, 0.3) is 0 Å². The molecule has 0 spiro atoms. The SMILES string of the molecule is C[C@@]12COC[C@@H]1CN([C@@H]1c3ccc(F)cc3CCC1O)C2. The Bertz CT molecular complexity index is 564. The molecule has 3 nitrogen and oxygen atoms in total. The molecule has 21 heavy (non-hydrogen) atoms. The first-order valence-corrected chi connectivity index (χ1v) is 7.85. The third-order valence-electron chi connectivity index (χ3n) is 5.65. The Hall–Kier alpha value is -0.970. The van der Waals surface area contributed by atoms with E-state index in [1.807, 2.05) is 6.07 Å². The van der Waals surface area contributed by atoms with Gasteiger partial charge in [-0.1, -0.05) is 13.0 Å². The summed E-state index contributed by atoms with van der Waals surface area (Å²) in [5.41, 5.74) is 2.38. The van der Waals surface area contributed by atoms with E-state index in [0.717, 1.165) is 50.3 Å². The van der Waals surface area contributed by atoms with Crippen LogP contribution < -0.4 is 0 Å². The molecule has 0 saturated carbocycles.